The summed E-state index contributed by atoms with van der Waals surface area (Å²) < 4.78 is 0. The molecule has 2 aliphatic rings. The third-order valence-corrected chi connectivity index (χ3v) is 2.70. The molecule has 0 spiro atoms. The molecule has 0 aromatic carbocycles. The Hall–Kier alpha value is -1.16. The van der Waals surface area contributed by atoms with E-state index in [1.54, 1.807) is 11.9 Å². The number of nitrogens with zero attached hydrogens (tertiary/aromatic N) is 1. The van der Waals surface area contributed by atoms with Gasteiger partial charge in [-0.25, -0.2) is 0 Å². The molecule has 0 aliphatic carbocycles. The third-order valence-electron chi connectivity index (χ3n) is 2.70. The maximum atomic E-state index is 11.5. The van der Waals surface area contributed by atoms with Crippen molar-refractivity contribution in [1.29, 1.82) is 0 Å². The van der Waals surface area contributed by atoms with Crippen molar-refractivity contribution in [2.45, 2.75) is 25.4 Å². The average molecular weight is 180 g/mol. The number of β-lactam (4-membered cyclic amide) rings is 1. The first-order valence-corrected chi connectivity index (χ1v) is 4.38. The van der Waals surface area contributed by atoms with Crippen molar-refractivity contribution in [3.8, 4) is 0 Å². The van der Waals surface area contributed by atoms with Gasteiger partial charge < -0.3 is 10.2 Å². The second-order valence-electron chi connectivity index (χ2n) is 3.42. The molecular formula is C9H12N2O2. The normalized spacial score (nSPS) is 31.1. The van der Waals surface area contributed by atoms with Crippen LogP contribution in [0.5, 0.6) is 0 Å². The molecule has 13 heavy (non-hydrogen) atoms. The molecule has 2 aliphatic heterocycles. The minimum absolute atomic E-state index is 0.0199. The summed E-state index contributed by atoms with van der Waals surface area (Å²) in [5, 5.41) is 2.95. The first-order valence-electron chi connectivity index (χ1n) is 4.38. The van der Waals surface area contributed by atoms with Crippen LogP contribution in [0.15, 0.2) is 11.8 Å². The Morgan fingerprint density at radius 2 is 2.38 bits per heavy atom. The van der Waals surface area contributed by atoms with Crippen molar-refractivity contribution in [3.63, 3.8) is 0 Å². The fraction of sp³-hybridized carbons (Fsp3) is 0.556. The molecular weight excluding hydrogens is 168 g/mol. The fourth-order valence-electron chi connectivity index (χ4n) is 2.04. The second-order valence-corrected chi connectivity index (χ2v) is 3.42. The summed E-state index contributed by atoms with van der Waals surface area (Å²) in [4.78, 5) is 24.2. The molecule has 0 bridgehead atoms. The van der Waals surface area contributed by atoms with Crippen LogP contribution in [-0.4, -0.2) is 35.7 Å². The Balaban J connectivity index is 2.18. The maximum Gasteiger partial charge on any atom is 0.246 e. The molecule has 2 atom stereocenters. The molecule has 2 heterocycles. The zero-order chi connectivity index (χ0) is 9.59. The number of hydrogen-bond donors (Lipinski definition) is 1. The summed E-state index contributed by atoms with van der Waals surface area (Å²) >= 11 is 0. The predicted octanol–water partition coefficient (Wildman–Crippen LogP) is -0.338. The highest BCUT2D eigenvalue weighted by atomic mass is 16.2. The van der Waals surface area contributed by atoms with Gasteiger partial charge in [0.2, 0.25) is 5.91 Å². The smallest absolute Gasteiger partial charge is 0.246 e. The van der Waals surface area contributed by atoms with Crippen molar-refractivity contribution in [2.75, 3.05) is 7.05 Å². The monoisotopic (exact) mass is 180 g/mol. The highest BCUT2D eigenvalue weighted by Gasteiger charge is 2.50. The van der Waals surface area contributed by atoms with E-state index in [9.17, 15) is 9.59 Å². The molecule has 0 aromatic rings. The van der Waals surface area contributed by atoms with E-state index < -0.39 is 0 Å². The van der Waals surface area contributed by atoms with Crippen molar-refractivity contribution in [1.82, 2.24) is 10.2 Å². The maximum absolute atomic E-state index is 11.5. The van der Waals surface area contributed by atoms with E-state index in [4.69, 9.17) is 0 Å². The summed E-state index contributed by atoms with van der Waals surface area (Å²) in [5.41, 5.74) is 0.571. The molecule has 1 saturated heterocycles. The number of nitrogens with one attached hydrogen (secondary N) is 1. The largest absolute Gasteiger partial charge is 0.307 e. The summed E-state index contributed by atoms with van der Waals surface area (Å²) in [7, 11) is 1.77. The van der Waals surface area contributed by atoms with Gasteiger partial charge in [0.15, 0.2) is 5.78 Å². The average Bonchev–Trinajstić information content (AvgIpc) is 2.45. The van der Waals surface area contributed by atoms with Crippen LogP contribution in [0.3, 0.4) is 0 Å². The Morgan fingerprint density at radius 1 is 1.69 bits per heavy atom. The zero-order valence-corrected chi connectivity index (χ0v) is 7.70. The van der Waals surface area contributed by atoms with Crippen LogP contribution < -0.4 is 5.32 Å². The molecule has 2 rings (SSSR count). The van der Waals surface area contributed by atoms with Gasteiger partial charge in [0.25, 0.3) is 0 Å². The van der Waals surface area contributed by atoms with Crippen molar-refractivity contribution >= 4 is 11.7 Å². The van der Waals surface area contributed by atoms with Gasteiger partial charge in [-0.1, -0.05) is 6.08 Å². The van der Waals surface area contributed by atoms with Gasteiger partial charge in [-0.2, -0.15) is 0 Å². The number of rotatable bonds is 2. The van der Waals surface area contributed by atoms with Crippen LogP contribution in [0.1, 0.15) is 13.3 Å². The van der Waals surface area contributed by atoms with Gasteiger partial charge in [0.05, 0.1) is 11.7 Å². The first kappa shape index (κ1) is 8.44. The van der Waals surface area contributed by atoms with E-state index >= 15 is 0 Å². The van der Waals surface area contributed by atoms with E-state index in [0.29, 0.717) is 5.70 Å². The van der Waals surface area contributed by atoms with Gasteiger partial charge in [-0.05, 0) is 13.5 Å². The predicted molar refractivity (Wildman–Crippen MR) is 46.9 cm³/mol. The minimum atomic E-state index is -0.0897. The zero-order valence-electron chi connectivity index (χ0n) is 7.70. The molecule has 1 amide bonds. The molecule has 2 unspecified atom stereocenters. The van der Waals surface area contributed by atoms with Crippen LogP contribution in [0.25, 0.3) is 0 Å². The Kier molecular flexibility index (Phi) is 1.73. The lowest BCUT2D eigenvalue weighted by atomic mass is 9.95. The number of carbonyl (C=O) groups is 2. The Labute approximate surface area is 76.6 Å². The minimum Gasteiger partial charge on any atom is -0.307 e. The van der Waals surface area contributed by atoms with Crippen LogP contribution in [-0.2, 0) is 9.59 Å². The third kappa shape index (κ3) is 0.951. The van der Waals surface area contributed by atoms with Crippen LogP contribution in [0.4, 0.5) is 0 Å². The van der Waals surface area contributed by atoms with Gasteiger partial charge in [0.1, 0.15) is 6.04 Å². The van der Waals surface area contributed by atoms with Crippen LogP contribution >= 0.6 is 0 Å². The number of allylic oxidation sites excluding steroid dienone is 1. The summed E-state index contributed by atoms with van der Waals surface area (Å²) in [6.07, 6.45) is 2.65. The Bertz CT molecular complexity index is 309. The highest BCUT2D eigenvalue weighted by molar-refractivity contribution is 6.03. The van der Waals surface area contributed by atoms with E-state index in [1.165, 1.54) is 6.92 Å². The molecule has 4 heteroatoms. The van der Waals surface area contributed by atoms with Gasteiger partial charge in [0, 0.05) is 6.92 Å². The quantitative estimate of drug-likeness (QED) is 0.591. The number of fused-ring (bicyclic) bond motifs is 1. The lowest BCUT2D eigenvalue weighted by molar-refractivity contribution is -0.147. The second kappa shape index (κ2) is 2.67. The van der Waals surface area contributed by atoms with Crippen LogP contribution in [0.2, 0.25) is 0 Å². The highest BCUT2D eigenvalue weighted by Crippen LogP contribution is 2.33. The number of hydrogen-bond acceptors (Lipinski definition) is 3. The number of carbonyl (C=O) groups excluding carboxylic acids is 2. The number of Topliss-reactive ketones (excluding diaryl/α,β-unsaturated/α-hetero) is 1. The van der Waals surface area contributed by atoms with Crippen molar-refractivity contribution in [2.24, 2.45) is 0 Å². The Morgan fingerprint density at radius 3 is 2.92 bits per heavy atom. The standard InChI is InChI=1S/C9H12N2O2/c1-5(12)6-3-4-7-8(10-2)9(13)11(6)7/h3,7-8,10H,4H2,1-2H3. The first-order chi connectivity index (χ1) is 6.16. The summed E-state index contributed by atoms with van der Waals surface area (Å²) in [6, 6.07) is 0.0875. The topological polar surface area (TPSA) is 49.4 Å². The van der Waals surface area contributed by atoms with Gasteiger partial charge >= 0.3 is 0 Å². The molecule has 0 aromatic heterocycles. The molecule has 1 N–H and O–H groups in total. The lowest BCUT2D eigenvalue weighted by Crippen LogP contribution is -2.67. The summed E-state index contributed by atoms with van der Waals surface area (Å²) in [6.45, 7) is 1.49. The van der Waals surface area contributed by atoms with E-state index in [0.717, 1.165) is 6.42 Å². The number of amides is 1. The lowest BCUT2D eigenvalue weighted by Gasteiger charge is -2.43. The molecule has 70 valence electrons. The van der Waals surface area contributed by atoms with E-state index in [1.807, 2.05) is 6.08 Å². The number of likely N-dealkylation sites (N-methyl/N-ethyl adjacent to an activating group) is 1. The van der Waals surface area contributed by atoms with Crippen LogP contribution in [0, 0.1) is 0 Å². The van der Waals surface area contributed by atoms with Crippen molar-refractivity contribution < 1.29 is 9.59 Å². The molecule has 0 radical (unpaired) electrons. The molecule has 1 fully saturated rings. The number of ketones is 1. The van der Waals surface area contributed by atoms with E-state index in [-0.39, 0.29) is 23.8 Å². The molecule has 0 saturated carbocycles. The van der Waals surface area contributed by atoms with Gasteiger partial charge in [-0.3, -0.25) is 9.59 Å². The molecule has 4 nitrogen and oxygen atoms in total. The summed E-state index contributed by atoms with van der Waals surface area (Å²) in [5.74, 6) is -0.00291. The van der Waals surface area contributed by atoms with Crippen molar-refractivity contribution in [3.05, 3.63) is 11.8 Å². The van der Waals surface area contributed by atoms with Gasteiger partial charge in [-0.15, -0.1) is 0 Å². The SMILES string of the molecule is CNC1C(=O)N2C(C(C)=O)=CCC12. The van der Waals surface area contributed by atoms with E-state index in [2.05, 4.69) is 5.32 Å². The fourth-order valence-corrected chi connectivity index (χ4v) is 2.04.